The summed E-state index contributed by atoms with van der Waals surface area (Å²) in [6.07, 6.45) is 1.55. The van der Waals surface area contributed by atoms with Crippen LogP contribution in [-0.2, 0) is 9.59 Å². The number of hydrogen-bond donors (Lipinski definition) is 1. The van der Waals surface area contributed by atoms with E-state index in [-0.39, 0.29) is 11.7 Å². The van der Waals surface area contributed by atoms with Gasteiger partial charge in [0.15, 0.2) is 11.5 Å². The van der Waals surface area contributed by atoms with Gasteiger partial charge in [0.25, 0.3) is 11.8 Å². The maximum atomic E-state index is 12.6. The minimum atomic E-state index is -0.444. The fourth-order valence-electron chi connectivity index (χ4n) is 2.61. The normalized spacial score (nSPS) is 15.5. The molecule has 2 aromatic rings. The predicted molar refractivity (Wildman–Crippen MR) is 98.8 cm³/mol. The lowest BCUT2D eigenvalue weighted by molar-refractivity contribution is -0.117. The van der Waals surface area contributed by atoms with Crippen molar-refractivity contribution < 1.29 is 19.1 Å². The average molecular weight is 352 g/mol. The summed E-state index contributed by atoms with van der Waals surface area (Å²) in [6, 6.07) is 14.2. The van der Waals surface area contributed by atoms with E-state index in [1.165, 1.54) is 5.01 Å². The molecule has 26 heavy (non-hydrogen) atoms. The summed E-state index contributed by atoms with van der Waals surface area (Å²) >= 11 is 0. The Hall–Kier alpha value is -3.28. The number of para-hydroxylation sites is 1. The maximum absolute atomic E-state index is 12.6. The van der Waals surface area contributed by atoms with Gasteiger partial charge in [0, 0.05) is 0 Å². The molecule has 0 unspecified atom stereocenters. The molecule has 6 nitrogen and oxygen atoms in total. The van der Waals surface area contributed by atoms with Crippen molar-refractivity contribution >= 4 is 23.6 Å². The van der Waals surface area contributed by atoms with Crippen molar-refractivity contribution in [1.82, 2.24) is 5.43 Å². The van der Waals surface area contributed by atoms with Gasteiger partial charge in [-0.1, -0.05) is 24.3 Å². The molecule has 1 saturated heterocycles. The fourth-order valence-corrected chi connectivity index (χ4v) is 2.61. The number of rotatable bonds is 5. The van der Waals surface area contributed by atoms with Crippen LogP contribution in [0.4, 0.5) is 5.69 Å². The summed E-state index contributed by atoms with van der Waals surface area (Å²) < 4.78 is 11.0. The summed E-state index contributed by atoms with van der Waals surface area (Å²) in [6.45, 7) is 3.85. The Bertz CT molecular complexity index is 859. The SMILES string of the molecule is COc1cc(/C=C2/C(=O)NN(c3ccccc3)C2=O)ccc1OC(C)C. The first-order valence-electron chi connectivity index (χ1n) is 8.26. The summed E-state index contributed by atoms with van der Waals surface area (Å²) in [7, 11) is 1.55. The number of nitrogens with zero attached hydrogens (tertiary/aromatic N) is 1. The molecule has 1 N–H and O–H groups in total. The Morgan fingerprint density at radius 1 is 1.04 bits per heavy atom. The van der Waals surface area contributed by atoms with E-state index >= 15 is 0 Å². The van der Waals surface area contributed by atoms with E-state index in [4.69, 9.17) is 9.47 Å². The van der Waals surface area contributed by atoms with Crippen LogP contribution in [0.25, 0.3) is 6.08 Å². The Labute approximate surface area is 152 Å². The summed E-state index contributed by atoms with van der Waals surface area (Å²) in [5.74, 6) is 0.305. The molecule has 0 atom stereocenters. The Kier molecular flexibility index (Phi) is 4.93. The van der Waals surface area contributed by atoms with Crippen molar-refractivity contribution in [2.45, 2.75) is 20.0 Å². The molecule has 0 bridgehead atoms. The molecule has 1 aliphatic heterocycles. The van der Waals surface area contributed by atoms with Gasteiger partial charge in [0.2, 0.25) is 0 Å². The molecular formula is C20H20N2O4. The molecule has 2 aromatic carbocycles. The van der Waals surface area contributed by atoms with Gasteiger partial charge in [-0.2, -0.15) is 0 Å². The topological polar surface area (TPSA) is 67.9 Å². The van der Waals surface area contributed by atoms with Crippen molar-refractivity contribution in [2.75, 3.05) is 12.1 Å². The number of methoxy groups -OCH3 is 1. The highest BCUT2D eigenvalue weighted by molar-refractivity contribution is 6.31. The van der Waals surface area contributed by atoms with Gasteiger partial charge in [0.05, 0.1) is 18.9 Å². The molecule has 1 heterocycles. The van der Waals surface area contributed by atoms with Crippen LogP contribution in [0, 0.1) is 0 Å². The second-order valence-electron chi connectivity index (χ2n) is 6.05. The number of nitrogens with one attached hydrogen (secondary N) is 1. The Morgan fingerprint density at radius 3 is 2.42 bits per heavy atom. The largest absolute Gasteiger partial charge is 0.493 e. The molecule has 2 amide bonds. The first-order valence-corrected chi connectivity index (χ1v) is 8.26. The molecular weight excluding hydrogens is 332 g/mol. The first-order chi connectivity index (χ1) is 12.5. The number of hydrazine groups is 1. The molecule has 1 fully saturated rings. The van der Waals surface area contributed by atoms with Gasteiger partial charge in [-0.25, -0.2) is 5.01 Å². The van der Waals surface area contributed by atoms with Gasteiger partial charge < -0.3 is 9.47 Å². The lowest BCUT2D eigenvalue weighted by Crippen LogP contribution is -2.35. The van der Waals surface area contributed by atoms with E-state index in [0.717, 1.165) is 0 Å². The standard InChI is InChI=1S/C20H20N2O4/c1-13(2)26-17-10-9-14(12-18(17)25-3)11-16-19(23)21-22(20(16)24)15-7-5-4-6-8-15/h4-13H,1-3H3,(H,21,23)/b16-11-. The number of carbonyl (C=O) groups excluding carboxylic acids is 2. The molecule has 3 rings (SSSR count). The van der Waals surface area contributed by atoms with E-state index in [1.54, 1.807) is 55.7 Å². The molecule has 0 aliphatic carbocycles. The van der Waals surface area contributed by atoms with Gasteiger partial charge in [-0.3, -0.25) is 15.0 Å². The summed E-state index contributed by atoms with van der Waals surface area (Å²) in [5.41, 5.74) is 3.92. The van der Waals surface area contributed by atoms with Gasteiger partial charge >= 0.3 is 0 Å². The van der Waals surface area contributed by atoms with Crippen molar-refractivity contribution in [2.24, 2.45) is 0 Å². The van der Waals surface area contributed by atoms with E-state index < -0.39 is 11.8 Å². The van der Waals surface area contributed by atoms with E-state index in [0.29, 0.717) is 22.7 Å². The second-order valence-corrected chi connectivity index (χ2v) is 6.05. The molecule has 0 aromatic heterocycles. The number of carbonyl (C=O) groups is 2. The third-order valence-electron chi connectivity index (χ3n) is 3.77. The van der Waals surface area contributed by atoms with Crippen LogP contribution in [0.3, 0.4) is 0 Å². The van der Waals surface area contributed by atoms with Crippen LogP contribution < -0.4 is 19.9 Å². The molecule has 6 heteroatoms. The highest BCUT2D eigenvalue weighted by Crippen LogP contribution is 2.30. The van der Waals surface area contributed by atoms with Crippen LogP contribution in [0.2, 0.25) is 0 Å². The molecule has 1 aliphatic rings. The third-order valence-corrected chi connectivity index (χ3v) is 3.77. The summed E-state index contributed by atoms with van der Waals surface area (Å²) in [4.78, 5) is 24.8. The quantitative estimate of drug-likeness (QED) is 0.664. The van der Waals surface area contributed by atoms with Crippen LogP contribution in [-0.4, -0.2) is 25.0 Å². The maximum Gasteiger partial charge on any atom is 0.282 e. The van der Waals surface area contributed by atoms with Gasteiger partial charge in [0.1, 0.15) is 5.57 Å². The average Bonchev–Trinajstić information content (AvgIpc) is 2.91. The highest BCUT2D eigenvalue weighted by Gasteiger charge is 2.34. The van der Waals surface area contributed by atoms with Crippen molar-refractivity contribution in [3.8, 4) is 11.5 Å². The first kappa shape index (κ1) is 17.5. The highest BCUT2D eigenvalue weighted by atomic mass is 16.5. The van der Waals surface area contributed by atoms with Crippen LogP contribution in [0.1, 0.15) is 19.4 Å². The van der Waals surface area contributed by atoms with E-state index in [2.05, 4.69) is 5.43 Å². The summed E-state index contributed by atoms with van der Waals surface area (Å²) in [5, 5.41) is 1.24. The van der Waals surface area contributed by atoms with Crippen molar-refractivity contribution in [3.63, 3.8) is 0 Å². The van der Waals surface area contributed by atoms with E-state index in [1.807, 2.05) is 19.9 Å². The zero-order valence-electron chi connectivity index (χ0n) is 14.9. The second kappa shape index (κ2) is 7.31. The lowest BCUT2D eigenvalue weighted by atomic mass is 10.1. The minimum Gasteiger partial charge on any atom is -0.493 e. The van der Waals surface area contributed by atoms with Gasteiger partial charge in [-0.15, -0.1) is 0 Å². The Morgan fingerprint density at radius 2 is 1.77 bits per heavy atom. The monoisotopic (exact) mass is 352 g/mol. The predicted octanol–water partition coefficient (Wildman–Crippen LogP) is 2.94. The number of ether oxygens (including phenoxy) is 2. The number of amides is 2. The molecule has 134 valence electrons. The van der Waals surface area contributed by atoms with Crippen molar-refractivity contribution in [1.29, 1.82) is 0 Å². The third kappa shape index (κ3) is 3.54. The minimum absolute atomic E-state index is 0.00900. The molecule has 0 radical (unpaired) electrons. The fraction of sp³-hybridized carbons (Fsp3) is 0.200. The lowest BCUT2D eigenvalue weighted by Gasteiger charge is -2.14. The van der Waals surface area contributed by atoms with Crippen LogP contribution in [0.15, 0.2) is 54.1 Å². The number of benzene rings is 2. The van der Waals surface area contributed by atoms with Crippen molar-refractivity contribution in [3.05, 3.63) is 59.7 Å². The Balaban J connectivity index is 1.90. The zero-order chi connectivity index (χ0) is 18.7. The zero-order valence-corrected chi connectivity index (χ0v) is 14.9. The molecule has 0 spiro atoms. The van der Waals surface area contributed by atoms with Crippen LogP contribution >= 0.6 is 0 Å². The number of hydrogen-bond acceptors (Lipinski definition) is 4. The number of anilines is 1. The van der Waals surface area contributed by atoms with E-state index in [9.17, 15) is 9.59 Å². The molecule has 0 saturated carbocycles. The van der Waals surface area contributed by atoms with Crippen LogP contribution in [0.5, 0.6) is 11.5 Å². The smallest absolute Gasteiger partial charge is 0.282 e. The van der Waals surface area contributed by atoms with Gasteiger partial charge in [-0.05, 0) is 49.8 Å².